The maximum atomic E-state index is 13.5. The monoisotopic (exact) mass is 257 g/mol. The molecule has 0 bridgehead atoms. The van der Waals surface area contributed by atoms with Gasteiger partial charge in [0.15, 0.2) is 0 Å². The summed E-state index contributed by atoms with van der Waals surface area (Å²) in [6.07, 6.45) is 0.970. The topological polar surface area (TPSA) is 44.5 Å². The molecule has 1 aromatic carbocycles. The molecule has 1 aromatic rings. The lowest BCUT2D eigenvalue weighted by Gasteiger charge is -2.08. The molecule has 2 N–H and O–H groups in total. The SMILES string of the molecule is CCCOCCOc1ccc(C(N)=S)c(F)c1. The van der Waals surface area contributed by atoms with E-state index < -0.39 is 5.82 Å². The fraction of sp³-hybridized carbons (Fsp3) is 0.417. The second-order valence-corrected chi connectivity index (χ2v) is 3.91. The molecule has 0 saturated carbocycles. The lowest BCUT2D eigenvalue weighted by molar-refractivity contribution is 0.100. The lowest BCUT2D eigenvalue weighted by atomic mass is 10.2. The number of halogens is 1. The van der Waals surface area contributed by atoms with E-state index in [2.05, 4.69) is 0 Å². The van der Waals surface area contributed by atoms with Gasteiger partial charge in [0.2, 0.25) is 0 Å². The highest BCUT2D eigenvalue weighted by Crippen LogP contribution is 2.16. The maximum Gasteiger partial charge on any atom is 0.137 e. The van der Waals surface area contributed by atoms with Gasteiger partial charge in [-0.05, 0) is 18.6 Å². The van der Waals surface area contributed by atoms with Gasteiger partial charge < -0.3 is 15.2 Å². The van der Waals surface area contributed by atoms with Gasteiger partial charge in [-0.15, -0.1) is 0 Å². The van der Waals surface area contributed by atoms with Gasteiger partial charge in [-0.3, -0.25) is 0 Å². The van der Waals surface area contributed by atoms with E-state index >= 15 is 0 Å². The van der Waals surface area contributed by atoms with Crippen molar-refractivity contribution in [3.05, 3.63) is 29.6 Å². The Morgan fingerprint density at radius 3 is 2.71 bits per heavy atom. The summed E-state index contributed by atoms with van der Waals surface area (Å²) in [5.41, 5.74) is 5.58. The molecule has 17 heavy (non-hydrogen) atoms. The molecule has 0 fully saturated rings. The number of thiocarbonyl (C=S) groups is 1. The molecular formula is C12H16FNO2S. The van der Waals surface area contributed by atoms with E-state index in [1.165, 1.54) is 12.1 Å². The molecule has 0 aliphatic rings. The first-order valence-corrected chi connectivity index (χ1v) is 5.86. The van der Waals surface area contributed by atoms with Crippen LogP contribution < -0.4 is 10.5 Å². The van der Waals surface area contributed by atoms with Crippen molar-refractivity contribution in [2.24, 2.45) is 5.73 Å². The molecule has 0 unspecified atom stereocenters. The minimum atomic E-state index is -0.468. The average molecular weight is 257 g/mol. The first-order chi connectivity index (χ1) is 8.15. The van der Waals surface area contributed by atoms with E-state index in [9.17, 15) is 4.39 Å². The fourth-order valence-electron chi connectivity index (χ4n) is 1.25. The van der Waals surface area contributed by atoms with Crippen molar-refractivity contribution in [2.45, 2.75) is 13.3 Å². The quantitative estimate of drug-likeness (QED) is 0.601. The van der Waals surface area contributed by atoms with Crippen LogP contribution in [0.4, 0.5) is 4.39 Å². The molecular weight excluding hydrogens is 241 g/mol. The summed E-state index contributed by atoms with van der Waals surface area (Å²) in [5, 5.41) is 0. The van der Waals surface area contributed by atoms with Crippen LogP contribution in [0.25, 0.3) is 0 Å². The summed E-state index contributed by atoms with van der Waals surface area (Å²) >= 11 is 4.71. The minimum Gasteiger partial charge on any atom is -0.491 e. The van der Waals surface area contributed by atoms with Gasteiger partial charge >= 0.3 is 0 Å². The van der Waals surface area contributed by atoms with Crippen LogP contribution in [-0.4, -0.2) is 24.8 Å². The van der Waals surface area contributed by atoms with Crippen molar-refractivity contribution in [2.75, 3.05) is 19.8 Å². The Labute approximate surface area is 106 Å². The predicted octanol–water partition coefficient (Wildman–Crippen LogP) is 2.27. The third-order valence-corrected chi connectivity index (χ3v) is 2.27. The zero-order chi connectivity index (χ0) is 12.7. The maximum absolute atomic E-state index is 13.5. The molecule has 0 heterocycles. The van der Waals surface area contributed by atoms with Crippen LogP contribution in [0.3, 0.4) is 0 Å². The number of ether oxygens (including phenoxy) is 2. The number of hydrogen-bond acceptors (Lipinski definition) is 3. The lowest BCUT2D eigenvalue weighted by Crippen LogP contribution is -2.12. The Morgan fingerprint density at radius 2 is 2.12 bits per heavy atom. The Morgan fingerprint density at radius 1 is 1.35 bits per heavy atom. The molecule has 0 amide bonds. The smallest absolute Gasteiger partial charge is 0.137 e. The molecule has 1 rings (SSSR count). The zero-order valence-electron chi connectivity index (χ0n) is 9.74. The second-order valence-electron chi connectivity index (χ2n) is 3.47. The van der Waals surface area contributed by atoms with Crippen molar-refractivity contribution in [3.63, 3.8) is 0 Å². The normalized spacial score (nSPS) is 10.2. The summed E-state index contributed by atoms with van der Waals surface area (Å²) in [6.45, 7) is 3.63. The summed E-state index contributed by atoms with van der Waals surface area (Å²) in [7, 11) is 0. The number of nitrogens with two attached hydrogens (primary N) is 1. The van der Waals surface area contributed by atoms with Crippen molar-refractivity contribution in [1.82, 2.24) is 0 Å². The van der Waals surface area contributed by atoms with E-state index in [-0.39, 0.29) is 10.6 Å². The third-order valence-electron chi connectivity index (χ3n) is 2.05. The molecule has 0 saturated heterocycles. The van der Waals surface area contributed by atoms with Gasteiger partial charge in [-0.25, -0.2) is 4.39 Å². The number of benzene rings is 1. The highest BCUT2D eigenvalue weighted by Gasteiger charge is 2.06. The second kappa shape index (κ2) is 7.19. The third kappa shape index (κ3) is 4.66. The van der Waals surface area contributed by atoms with Crippen LogP contribution in [0.15, 0.2) is 18.2 Å². The fourth-order valence-corrected chi connectivity index (χ4v) is 1.42. The van der Waals surface area contributed by atoms with Gasteiger partial charge in [-0.1, -0.05) is 19.1 Å². The molecule has 0 aromatic heterocycles. The first kappa shape index (κ1) is 13.9. The van der Waals surface area contributed by atoms with Crippen LogP contribution in [0.5, 0.6) is 5.75 Å². The Hall–Kier alpha value is -1.20. The molecule has 0 radical (unpaired) electrons. The summed E-state index contributed by atoms with van der Waals surface area (Å²) in [5.74, 6) is -0.0212. The molecule has 0 atom stereocenters. The van der Waals surface area contributed by atoms with Crippen LogP contribution in [0.2, 0.25) is 0 Å². The van der Waals surface area contributed by atoms with Gasteiger partial charge in [0.25, 0.3) is 0 Å². The van der Waals surface area contributed by atoms with Gasteiger partial charge in [0, 0.05) is 18.2 Å². The minimum absolute atomic E-state index is 0.0420. The van der Waals surface area contributed by atoms with Crippen LogP contribution in [0.1, 0.15) is 18.9 Å². The van der Waals surface area contributed by atoms with E-state index in [1.54, 1.807) is 6.07 Å². The van der Waals surface area contributed by atoms with Crippen LogP contribution >= 0.6 is 12.2 Å². The van der Waals surface area contributed by atoms with E-state index in [0.29, 0.717) is 25.6 Å². The standard InChI is InChI=1S/C12H16FNO2S/c1-2-5-15-6-7-16-9-3-4-10(12(14)17)11(13)8-9/h3-4,8H,2,5-7H2,1H3,(H2,14,17). The predicted molar refractivity (Wildman–Crippen MR) is 68.9 cm³/mol. The summed E-state index contributed by atoms with van der Waals surface area (Å²) < 4.78 is 24.0. The van der Waals surface area contributed by atoms with Gasteiger partial charge in [-0.2, -0.15) is 0 Å². The van der Waals surface area contributed by atoms with Gasteiger partial charge in [0.1, 0.15) is 23.2 Å². The number of rotatable bonds is 7. The summed E-state index contributed by atoms with van der Waals surface area (Å²) in [6, 6.07) is 4.42. The van der Waals surface area contributed by atoms with Gasteiger partial charge in [0.05, 0.1) is 6.61 Å². The molecule has 0 spiro atoms. The zero-order valence-corrected chi connectivity index (χ0v) is 10.6. The molecule has 0 aliphatic carbocycles. The van der Waals surface area contributed by atoms with Crippen molar-refractivity contribution in [1.29, 1.82) is 0 Å². The first-order valence-electron chi connectivity index (χ1n) is 5.45. The molecule has 0 aliphatic heterocycles. The van der Waals surface area contributed by atoms with Crippen molar-refractivity contribution in [3.8, 4) is 5.75 Å². The van der Waals surface area contributed by atoms with Crippen molar-refractivity contribution < 1.29 is 13.9 Å². The van der Waals surface area contributed by atoms with Crippen LogP contribution in [0, 0.1) is 5.82 Å². The Balaban J connectivity index is 2.45. The molecule has 5 heteroatoms. The van der Waals surface area contributed by atoms with Crippen LogP contribution in [-0.2, 0) is 4.74 Å². The van der Waals surface area contributed by atoms with Crippen molar-refractivity contribution >= 4 is 17.2 Å². The average Bonchev–Trinajstić information content (AvgIpc) is 2.28. The summed E-state index contributed by atoms with van der Waals surface area (Å²) in [4.78, 5) is 0.0420. The van der Waals surface area contributed by atoms with E-state index in [0.717, 1.165) is 6.42 Å². The number of hydrogen-bond donors (Lipinski definition) is 1. The largest absolute Gasteiger partial charge is 0.491 e. The Kier molecular flexibility index (Phi) is 5.86. The van der Waals surface area contributed by atoms with E-state index in [4.69, 9.17) is 27.4 Å². The van der Waals surface area contributed by atoms with E-state index in [1.807, 2.05) is 6.92 Å². The Bertz CT molecular complexity index is 385. The molecule has 3 nitrogen and oxygen atoms in total. The highest BCUT2D eigenvalue weighted by atomic mass is 32.1. The highest BCUT2D eigenvalue weighted by molar-refractivity contribution is 7.80. The molecule has 94 valence electrons.